The molecular weight excluding hydrogens is 604 g/mol. The molecule has 0 bridgehead atoms. The summed E-state index contributed by atoms with van der Waals surface area (Å²) in [5, 5.41) is 11.0. The van der Waals surface area contributed by atoms with Gasteiger partial charge < -0.3 is 10.4 Å². The van der Waals surface area contributed by atoms with E-state index in [2.05, 4.69) is 23.9 Å². The molecular formula is C26H32F4N4O6S2. The van der Waals surface area contributed by atoms with E-state index in [0.717, 1.165) is 24.3 Å². The summed E-state index contributed by atoms with van der Waals surface area (Å²) in [5.74, 6) is -15.1. The second kappa shape index (κ2) is 14.1. The van der Waals surface area contributed by atoms with Crippen LogP contribution in [0.15, 0.2) is 41.3 Å². The van der Waals surface area contributed by atoms with Crippen LogP contribution < -0.4 is 20.9 Å². The SMILES string of the molecule is Cc1cc(C)c(S(=O)(=O)Nc2ccc(NNC(=O)C(F)(F)C(F)(F)C(=O)O)cc2)cc1NC(=O)CCSCCC(C)C. The summed E-state index contributed by atoms with van der Waals surface area (Å²) in [7, 11) is -4.17. The van der Waals surface area contributed by atoms with Gasteiger partial charge in [-0.05, 0) is 73.4 Å². The van der Waals surface area contributed by atoms with Crippen molar-refractivity contribution in [2.45, 2.75) is 57.3 Å². The van der Waals surface area contributed by atoms with Gasteiger partial charge in [0.15, 0.2) is 0 Å². The number of aryl methyl sites for hydroxylation is 2. The highest BCUT2D eigenvalue weighted by Crippen LogP contribution is 2.34. The lowest BCUT2D eigenvalue weighted by molar-refractivity contribution is -0.222. The van der Waals surface area contributed by atoms with Gasteiger partial charge >= 0.3 is 23.7 Å². The van der Waals surface area contributed by atoms with Crippen LogP contribution in [0.5, 0.6) is 0 Å². The monoisotopic (exact) mass is 636 g/mol. The van der Waals surface area contributed by atoms with Crippen molar-refractivity contribution >= 4 is 56.6 Å². The number of sulfonamides is 1. The quantitative estimate of drug-likeness (QED) is 0.104. The first-order chi connectivity index (χ1) is 19.4. The number of rotatable bonds is 15. The molecule has 0 aromatic heterocycles. The minimum Gasteiger partial charge on any atom is -0.477 e. The Morgan fingerprint density at radius 1 is 0.929 bits per heavy atom. The Labute approximate surface area is 245 Å². The van der Waals surface area contributed by atoms with Crippen molar-refractivity contribution in [3.8, 4) is 0 Å². The fourth-order valence-electron chi connectivity index (χ4n) is 3.37. The number of aliphatic carboxylic acids is 1. The Kier molecular flexibility index (Phi) is 11.6. The van der Waals surface area contributed by atoms with Gasteiger partial charge in [0.25, 0.3) is 10.0 Å². The molecule has 10 nitrogen and oxygen atoms in total. The number of carboxylic acid groups (broad SMARTS) is 1. The molecule has 16 heteroatoms. The number of hydrazine groups is 1. The molecule has 0 aliphatic rings. The number of anilines is 3. The smallest absolute Gasteiger partial charge is 0.413 e. The van der Waals surface area contributed by atoms with Gasteiger partial charge in [0, 0.05) is 23.5 Å². The second-order valence-corrected chi connectivity index (χ2v) is 12.6. The number of alkyl halides is 4. The number of carbonyl (C=O) groups excluding carboxylic acids is 2. The third-order valence-corrected chi connectivity index (χ3v) is 8.34. The maximum Gasteiger partial charge on any atom is 0.413 e. The zero-order valence-corrected chi connectivity index (χ0v) is 24.8. The molecule has 0 heterocycles. The minimum atomic E-state index is -5.65. The number of hydrogen-bond donors (Lipinski definition) is 5. The van der Waals surface area contributed by atoms with Crippen molar-refractivity contribution in [2.75, 3.05) is 27.0 Å². The van der Waals surface area contributed by atoms with Crippen molar-refractivity contribution in [3.05, 3.63) is 47.5 Å². The summed E-state index contributed by atoms with van der Waals surface area (Å²) < 4.78 is 82.0. The predicted molar refractivity (Wildman–Crippen MR) is 152 cm³/mol. The Bertz CT molecular complexity index is 1400. The zero-order chi connectivity index (χ0) is 31.9. The van der Waals surface area contributed by atoms with Crippen molar-refractivity contribution in [3.63, 3.8) is 0 Å². The first-order valence-electron chi connectivity index (χ1n) is 12.6. The predicted octanol–water partition coefficient (Wildman–Crippen LogP) is 5.01. The lowest BCUT2D eigenvalue weighted by Gasteiger charge is -2.22. The summed E-state index contributed by atoms with van der Waals surface area (Å²) in [4.78, 5) is 34.2. The second-order valence-electron chi connectivity index (χ2n) is 9.74. The number of carbonyl (C=O) groups is 3. The lowest BCUT2D eigenvalue weighted by Crippen LogP contribution is -2.57. The van der Waals surface area contributed by atoms with E-state index in [-0.39, 0.29) is 28.6 Å². The average Bonchev–Trinajstić information content (AvgIpc) is 2.88. The molecule has 232 valence electrons. The third kappa shape index (κ3) is 8.98. The largest absolute Gasteiger partial charge is 0.477 e. The van der Waals surface area contributed by atoms with Crippen LogP contribution in [0.4, 0.5) is 34.6 Å². The molecule has 2 aromatic rings. The fraction of sp³-hybridized carbons (Fsp3) is 0.423. The van der Waals surface area contributed by atoms with Crippen LogP contribution >= 0.6 is 11.8 Å². The highest BCUT2D eigenvalue weighted by atomic mass is 32.2. The Balaban J connectivity index is 2.07. The zero-order valence-electron chi connectivity index (χ0n) is 23.2. The van der Waals surface area contributed by atoms with Gasteiger partial charge in [0.05, 0.1) is 10.6 Å². The summed E-state index contributed by atoms with van der Waals surface area (Å²) in [5.41, 5.74) is 4.54. The average molecular weight is 637 g/mol. The van der Waals surface area contributed by atoms with Crippen molar-refractivity contribution in [1.82, 2.24) is 5.43 Å². The molecule has 0 spiro atoms. The van der Waals surface area contributed by atoms with Crippen molar-refractivity contribution in [1.29, 1.82) is 0 Å². The van der Waals surface area contributed by atoms with Gasteiger partial charge in [-0.3, -0.25) is 25.2 Å². The van der Waals surface area contributed by atoms with Crippen molar-refractivity contribution in [2.24, 2.45) is 5.92 Å². The Hall–Kier alpha value is -3.53. The lowest BCUT2D eigenvalue weighted by atomic mass is 10.1. The fourth-order valence-corrected chi connectivity index (χ4v) is 5.86. The standard InChI is InChI=1S/C26H32F4N4O6S2/c1-15(2)9-11-41-12-10-22(35)31-20-14-21(17(4)13-16(20)3)42(39,40)34-19-7-5-18(6-8-19)32-33-23(36)25(27,28)26(29,30)24(37)38/h5-8,13-15,32,34H,9-12H2,1-4H3,(H,31,35)(H,33,36)(H,37,38). The van der Waals surface area contributed by atoms with E-state index in [1.54, 1.807) is 31.7 Å². The van der Waals surface area contributed by atoms with E-state index < -0.39 is 33.7 Å². The molecule has 0 atom stereocenters. The van der Waals surface area contributed by atoms with E-state index in [0.29, 0.717) is 28.5 Å². The van der Waals surface area contributed by atoms with Gasteiger partial charge in [0.1, 0.15) is 0 Å². The molecule has 0 aliphatic heterocycles. The van der Waals surface area contributed by atoms with Gasteiger partial charge in [0.2, 0.25) is 5.91 Å². The number of amides is 2. The van der Waals surface area contributed by atoms with Crippen molar-refractivity contribution < 1.29 is 45.5 Å². The van der Waals surface area contributed by atoms with Crippen LogP contribution in [-0.2, 0) is 24.4 Å². The van der Waals surface area contributed by atoms with Crippen LogP contribution in [0, 0.1) is 19.8 Å². The summed E-state index contributed by atoms with van der Waals surface area (Å²) >= 11 is 1.67. The number of hydrogen-bond acceptors (Lipinski definition) is 7. The summed E-state index contributed by atoms with van der Waals surface area (Å²) in [6, 6.07) is 7.62. The molecule has 0 fully saturated rings. The molecule has 5 N–H and O–H groups in total. The highest BCUT2D eigenvalue weighted by Gasteiger charge is 2.67. The number of benzene rings is 2. The number of nitrogens with one attached hydrogen (secondary N) is 4. The van der Waals surface area contributed by atoms with Crippen LogP contribution in [0.25, 0.3) is 0 Å². The molecule has 0 aliphatic carbocycles. The Morgan fingerprint density at radius 3 is 2.10 bits per heavy atom. The van der Waals surface area contributed by atoms with Crippen LogP contribution in [0.2, 0.25) is 0 Å². The maximum atomic E-state index is 13.5. The topological polar surface area (TPSA) is 154 Å². The van der Waals surface area contributed by atoms with Gasteiger partial charge in [-0.2, -0.15) is 29.3 Å². The van der Waals surface area contributed by atoms with Crippen LogP contribution in [0.3, 0.4) is 0 Å². The summed E-state index contributed by atoms with van der Waals surface area (Å²) in [6.07, 6.45) is 1.30. The summed E-state index contributed by atoms with van der Waals surface area (Å²) in [6.45, 7) is 7.55. The van der Waals surface area contributed by atoms with Crippen LogP contribution in [-0.4, -0.2) is 54.7 Å². The Morgan fingerprint density at radius 2 is 1.52 bits per heavy atom. The van der Waals surface area contributed by atoms with E-state index in [4.69, 9.17) is 5.11 Å². The number of carboxylic acids is 1. The molecule has 0 saturated carbocycles. The van der Waals surface area contributed by atoms with Gasteiger partial charge in [-0.15, -0.1) is 0 Å². The first kappa shape index (κ1) is 34.7. The third-order valence-electron chi connectivity index (χ3n) is 5.80. The molecule has 0 radical (unpaired) electrons. The normalized spacial score (nSPS) is 12.1. The minimum absolute atomic E-state index is 0.0265. The number of halogens is 4. The van der Waals surface area contributed by atoms with E-state index in [9.17, 15) is 40.4 Å². The van der Waals surface area contributed by atoms with Crippen LogP contribution in [0.1, 0.15) is 37.8 Å². The van der Waals surface area contributed by atoms with Gasteiger partial charge in [-0.1, -0.05) is 19.9 Å². The molecule has 0 unspecified atom stereocenters. The molecule has 42 heavy (non-hydrogen) atoms. The van der Waals surface area contributed by atoms with E-state index in [1.165, 1.54) is 23.6 Å². The molecule has 2 rings (SSSR count). The molecule has 2 aromatic carbocycles. The molecule has 0 saturated heterocycles. The van der Waals surface area contributed by atoms with Gasteiger partial charge in [-0.25, -0.2) is 13.2 Å². The highest BCUT2D eigenvalue weighted by molar-refractivity contribution is 7.99. The van der Waals surface area contributed by atoms with E-state index >= 15 is 0 Å². The number of thioether (sulfide) groups is 1. The molecule has 2 amide bonds. The maximum absolute atomic E-state index is 13.5. The van der Waals surface area contributed by atoms with E-state index in [1.807, 2.05) is 5.43 Å². The first-order valence-corrected chi connectivity index (χ1v) is 15.2.